The van der Waals surface area contributed by atoms with Gasteiger partial charge in [-0.3, -0.25) is 9.59 Å². The average Bonchev–Trinajstić information content (AvgIpc) is 3.25. The van der Waals surface area contributed by atoms with Crippen molar-refractivity contribution in [3.8, 4) is 5.75 Å². The van der Waals surface area contributed by atoms with E-state index in [0.717, 1.165) is 5.70 Å². The third-order valence-corrected chi connectivity index (χ3v) is 7.11. The molecule has 0 amide bonds. The topological polar surface area (TPSA) is 69.6 Å². The summed E-state index contributed by atoms with van der Waals surface area (Å²) in [6.07, 6.45) is 1.05. The molecule has 0 bridgehead atoms. The van der Waals surface area contributed by atoms with Gasteiger partial charge in [0.15, 0.2) is 11.6 Å². The number of Topliss-reactive ketones (excluding diaryl/α,β-unsaturated/α-hetero) is 2. The quantitative estimate of drug-likeness (QED) is 0.570. The number of hydrogen-bond acceptors (Lipinski definition) is 5. The van der Waals surface area contributed by atoms with E-state index in [1.54, 1.807) is 18.2 Å². The zero-order valence-corrected chi connectivity index (χ0v) is 19.9. The van der Waals surface area contributed by atoms with Crippen LogP contribution in [0, 0.1) is 5.41 Å². The Morgan fingerprint density at radius 3 is 2.61 bits per heavy atom. The average molecular weight is 483 g/mol. The summed E-state index contributed by atoms with van der Waals surface area (Å²) in [6, 6.07) is 12.0. The number of allylic oxidation sites excluding steroid dienone is 3. The summed E-state index contributed by atoms with van der Waals surface area (Å²) in [5, 5.41) is 14.8. The van der Waals surface area contributed by atoms with E-state index in [4.69, 9.17) is 23.2 Å². The van der Waals surface area contributed by atoms with Crippen LogP contribution >= 0.6 is 23.2 Å². The number of carbonyl (C=O) groups excluding carboxylic acids is 2. The molecular formula is C26H24Cl2N2O3. The number of phenolic OH excluding ortho intramolecular Hbond substituents is 1. The molecule has 33 heavy (non-hydrogen) atoms. The van der Waals surface area contributed by atoms with Gasteiger partial charge < -0.3 is 15.3 Å². The van der Waals surface area contributed by atoms with Gasteiger partial charge in [0.25, 0.3) is 0 Å². The maximum absolute atomic E-state index is 13.9. The lowest BCUT2D eigenvalue weighted by Crippen LogP contribution is -2.40. The maximum Gasteiger partial charge on any atom is 0.193 e. The molecule has 2 N–H and O–H groups in total. The summed E-state index contributed by atoms with van der Waals surface area (Å²) in [4.78, 5) is 29.6. The number of carbonyl (C=O) groups is 2. The minimum absolute atomic E-state index is 0.0222. The lowest BCUT2D eigenvalue weighted by atomic mass is 9.67. The van der Waals surface area contributed by atoms with Crippen LogP contribution in [0.1, 0.15) is 48.5 Å². The van der Waals surface area contributed by atoms with Gasteiger partial charge in [-0.2, -0.15) is 0 Å². The van der Waals surface area contributed by atoms with Crippen molar-refractivity contribution in [2.45, 2.75) is 32.6 Å². The Balaban J connectivity index is 1.81. The van der Waals surface area contributed by atoms with Crippen molar-refractivity contribution in [1.82, 2.24) is 10.2 Å². The van der Waals surface area contributed by atoms with E-state index in [1.807, 2.05) is 18.2 Å². The van der Waals surface area contributed by atoms with Gasteiger partial charge in [0, 0.05) is 46.9 Å². The summed E-state index contributed by atoms with van der Waals surface area (Å²) in [5.74, 6) is -0.473. The van der Waals surface area contributed by atoms with Crippen LogP contribution in [-0.2, 0) is 4.79 Å². The van der Waals surface area contributed by atoms with Gasteiger partial charge in [0.05, 0.1) is 16.5 Å². The molecule has 2 aliphatic heterocycles. The Morgan fingerprint density at radius 2 is 1.88 bits per heavy atom. The molecule has 7 heteroatoms. The molecular weight excluding hydrogens is 459 g/mol. The highest BCUT2D eigenvalue weighted by Crippen LogP contribution is 2.53. The van der Waals surface area contributed by atoms with Gasteiger partial charge in [0.1, 0.15) is 11.6 Å². The van der Waals surface area contributed by atoms with Gasteiger partial charge >= 0.3 is 0 Å². The number of ketones is 2. The van der Waals surface area contributed by atoms with Crippen molar-refractivity contribution < 1.29 is 14.7 Å². The Labute approximate surface area is 202 Å². The summed E-state index contributed by atoms with van der Waals surface area (Å²) >= 11 is 12.6. The van der Waals surface area contributed by atoms with Crippen molar-refractivity contribution in [3.05, 3.63) is 86.3 Å². The van der Waals surface area contributed by atoms with E-state index in [-0.39, 0.29) is 27.8 Å². The van der Waals surface area contributed by atoms with Gasteiger partial charge in [-0.15, -0.1) is 0 Å². The van der Waals surface area contributed by atoms with E-state index in [1.165, 1.54) is 6.07 Å². The van der Waals surface area contributed by atoms with Gasteiger partial charge in [-0.25, -0.2) is 0 Å². The standard InChI is InChI=1S/C26H24Cl2N2O3/c1-26(2)12-18-21(19(31)13-26)20(16-10-15(27)11-17(28)24(16)33)22(25-29-8-9-30(18)25)23(32)14-6-4-3-5-7-14/h3-7,10-11,20,29,33H,8-9,12-13H2,1-2H3. The van der Waals surface area contributed by atoms with Crippen LogP contribution in [0.4, 0.5) is 0 Å². The number of aromatic hydroxyl groups is 1. The molecule has 1 aliphatic carbocycles. The first kappa shape index (κ1) is 22.1. The van der Waals surface area contributed by atoms with Crippen LogP contribution in [0.3, 0.4) is 0 Å². The molecule has 3 aliphatic rings. The second-order valence-electron chi connectivity index (χ2n) is 9.60. The third kappa shape index (κ3) is 3.64. The van der Waals surface area contributed by atoms with Crippen molar-refractivity contribution in [3.63, 3.8) is 0 Å². The van der Waals surface area contributed by atoms with Gasteiger partial charge in [0.2, 0.25) is 0 Å². The number of hydrogen-bond donors (Lipinski definition) is 2. The third-order valence-electron chi connectivity index (χ3n) is 6.60. The van der Waals surface area contributed by atoms with Crippen LogP contribution in [0.2, 0.25) is 10.0 Å². The minimum Gasteiger partial charge on any atom is -0.506 e. The summed E-state index contributed by atoms with van der Waals surface area (Å²) < 4.78 is 0. The van der Waals surface area contributed by atoms with Crippen molar-refractivity contribution in [1.29, 1.82) is 0 Å². The number of phenols is 1. The molecule has 5 rings (SSSR count). The number of nitrogens with one attached hydrogen (secondary N) is 1. The highest BCUT2D eigenvalue weighted by Gasteiger charge is 2.48. The molecule has 1 unspecified atom stereocenters. The molecule has 2 aromatic carbocycles. The van der Waals surface area contributed by atoms with E-state index in [0.29, 0.717) is 59.0 Å². The second kappa shape index (κ2) is 7.93. The molecule has 5 nitrogen and oxygen atoms in total. The molecule has 170 valence electrons. The molecule has 1 atom stereocenters. The number of benzene rings is 2. The highest BCUT2D eigenvalue weighted by molar-refractivity contribution is 6.35. The van der Waals surface area contributed by atoms with Crippen molar-refractivity contribution in [2.24, 2.45) is 5.41 Å². The fourth-order valence-corrected chi connectivity index (χ4v) is 5.76. The van der Waals surface area contributed by atoms with Crippen LogP contribution in [0.25, 0.3) is 0 Å². The van der Waals surface area contributed by atoms with Crippen molar-refractivity contribution in [2.75, 3.05) is 13.1 Å². The summed E-state index contributed by atoms with van der Waals surface area (Å²) in [5.41, 5.74) is 2.56. The van der Waals surface area contributed by atoms with E-state index < -0.39 is 5.92 Å². The minimum atomic E-state index is -0.774. The lowest BCUT2D eigenvalue weighted by molar-refractivity contribution is -0.118. The zero-order chi connectivity index (χ0) is 23.5. The zero-order valence-electron chi connectivity index (χ0n) is 18.4. The fourth-order valence-electron chi connectivity index (χ4n) is 5.26. The first-order chi connectivity index (χ1) is 15.7. The highest BCUT2D eigenvalue weighted by atomic mass is 35.5. The van der Waals surface area contributed by atoms with E-state index in [9.17, 15) is 14.7 Å². The van der Waals surface area contributed by atoms with Crippen LogP contribution < -0.4 is 5.32 Å². The predicted octanol–water partition coefficient (Wildman–Crippen LogP) is 5.44. The van der Waals surface area contributed by atoms with Crippen LogP contribution in [0.5, 0.6) is 5.75 Å². The van der Waals surface area contributed by atoms with E-state index >= 15 is 0 Å². The van der Waals surface area contributed by atoms with Crippen LogP contribution in [0.15, 0.2) is 65.1 Å². The van der Waals surface area contributed by atoms with Crippen LogP contribution in [-0.4, -0.2) is 34.7 Å². The second-order valence-corrected chi connectivity index (χ2v) is 10.4. The number of nitrogens with zero attached hydrogens (tertiary/aromatic N) is 1. The molecule has 1 fully saturated rings. The first-order valence-electron chi connectivity index (χ1n) is 11.0. The Morgan fingerprint density at radius 1 is 1.15 bits per heavy atom. The fraction of sp³-hybridized carbons (Fsp3) is 0.308. The summed E-state index contributed by atoms with van der Waals surface area (Å²) in [7, 11) is 0. The number of rotatable bonds is 3. The molecule has 0 saturated carbocycles. The smallest absolute Gasteiger partial charge is 0.193 e. The van der Waals surface area contributed by atoms with Gasteiger partial charge in [-0.05, 0) is 24.0 Å². The SMILES string of the molecule is CC1(C)CC(=O)C2=C(C1)N1CCNC1=C(C(=O)c1ccccc1)C2c1cc(Cl)cc(Cl)c1O. The largest absolute Gasteiger partial charge is 0.506 e. The molecule has 0 radical (unpaired) electrons. The Hall–Kier alpha value is -2.76. The van der Waals surface area contributed by atoms with Gasteiger partial charge in [-0.1, -0.05) is 67.4 Å². The Bertz CT molecular complexity index is 1250. The monoisotopic (exact) mass is 482 g/mol. The molecule has 0 spiro atoms. The molecule has 2 heterocycles. The normalized spacial score (nSPS) is 21.6. The Kier molecular flexibility index (Phi) is 5.30. The molecule has 1 saturated heterocycles. The summed E-state index contributed by atoms with van der Waals surface area (Å²) in [6.45, 7) is 5.48. The van der Waals surface area contributed by atoms with Crippen molar-refractivity contribution >= 4 is 34.8 Å². The predicted molar refractivity (Wildman–Crippen MR) is 128 cm³/mol. The maximum atomic E-state index is 13.9. The molecule has 2 aromatic rings. The molecule has 0 aromatic heterocycles. The van der Waals surface area contributed by atoms with E-state index in [2.05, 4.69) is 24.1 Å². The number of fused-ring (bicyclic) bond motifs is 2. The first-order valence-corrected chi connectivity index (χ1v) is 11.7. The number of halogens is 2. The lowest BCUT2D eigenvalue weighted by Gasteiger charge is -2.43.